The van der Waals surface area contributed by atoms with Crippen LogP contribution in [0.1, 0.15) is 291 Å². The van der Waals surface area contributed by atoms with Crippen LogP contribution in [0.2, 0.25) is 0 Å². The van der Waals surface area contributed by atoms with Crippen molar-refractivity contribution in [2.75, 3.05) is 39.6 Å². The molecule has 0 amide bonds. The molecule has 0 spiro atoms. The summed E-state index contributed by atoms with van der Waals surface area (Å²) in [5.74, 6) is -2.18. The predicted molar refractivity (Wildman–Crippen MR) is 321 cm³/mol. The molecule has 0 aliphatic carbocycles. The fourth-order valence-electron chi connectivity index (χ4n) is 8.74. The Hall–Kier alpha value is -2.46. The Balaban J connectivity index is 5.19. The summed E-state index contributed by atoms with van der Waals surface area (Å²) in [6.07, 6.45) is 44.4. The summed E-state index contributed by atoms with van der Waals surface area (Å²) >= 11 is 0. The molecule has 3 N–H and O–H groups in total. The zero-order valence-corrected chi connectivity index (χ0v) is 53.0. The molecule has 0 aromatic heterocycles. The third-order valence-corrected chi connectivity index (χ3v) is 15.6. The molecule has 0 rings (SSSR count). The molecule has 0 radical (unpaired) electrons. The van der Waals surface area contributed by atoms with Gasteiger partial charge in [0.05, 0.1) is 26.4 Å². The highest BCUT2D eigenvalue weighted by molar-refractivity contribution is 7.47. The second-order valence-corrected chi connectivity index (χ2v) is 24.7. The molecule has 2 unspecified atom stereocenters. The Morgan fingerprint density at radius 3 is 0.901 bits per heavy atom. The molecule has 0 heterocycles. The molecule has 0 aromatic rings. The third kappa shape index (κ3) is 56.4. The number of carbonyl (C=O) groups excluding carboxylic acids is 4. The largest absolute Gasteiger partial charge is 0.472 e. The van der Waals surface area contributed by atoms with E-state index in [9.17, 15) is 43.2 Å². The van der Waals surface area contributed by atoms with Gasteiger partial charge in [0.2, 0.25) is 0 Å². The minimum absolute atomic E-state index is 0.0855. The minimum Gasteiger partial charge on any atom is -0.462 e. The molecule has 81 heavy (non-hydrogen) atoms. The number of carbonyl (C=O) groups is 4. The van der Waals surface area contributed by atoms with Crippen molar-refractivity contribution < 1.29 is 80.2 Å². The quantitative estimate of drug-likeness (QED) is 0.0169. The number of esters is 4. The van der Waals surface area contributed by atoms with E-state index in [-0.39, 0.29) is 25.7 Å². The van der Waals surface area contributed by atoms with Crippen molar-refractivity contribution >= 4 is 39.5 Å². The van der Waals surface area contributed by atoms with Gasteiger partial charge in [-0.2, -0.15) is 0 Å². The molecule has 0 saturated carbocycles. The number of rotatable bonds is 61. The maximum Gasteiger partial charge on any atom is 0.472 e. The van der Waals surface area contributed by atoms with Crippen molar-refractivity contribution in [2.24, 2.45) is 0 Å². The van der Waals surface area contributed by atoms with Crippen LogP contribution in [0.3, 0.4) is 0 Å². The van der Waals surface area contributed by atoms with Crippen LogP contribution in [0.25, 0.3) is 0 Å². The van der Waals surface area contributed by atoms with E-state index in [1.54, 1.807) is 0 Å². The van der Waals surface area contributed by atoms with E-state index in [4.69, 9.17) is 37.0 Å². The first-order valence-corrected chi connectivity index (χ1v) is 35.1. The highest BCUT2D eigenvalue weighted by Crippen LogP contribution is 2.45. The molecule has 5 atom stereocenters. The summed E-state index contributed by atoms with van der Waals surface area (Å²) in [7, 11) is -9.88. The van der Waals surface area contributed by atoms with Gasteiger partial charge in [-0.3, -0.25) is 37.3 Å². The third-order valence-electron chi connectivity index (χ3n) is 13.7. The van der Waals surface area contributed by atoms with E-state index in [1.165, 1.54) is 89.9 Å². The van der Waals surface area contributed by atoms with Crippen molar-refractivity contribution in [1.29, 1.82) is 0 Å². The molecule has 0 bridgehead atoms. The summed E-state index contributed by atoms with van der Waals surface area (Å²) in [6.45, 7) is 4.68. The lowest BCUT2D eigenvalue weighted by Crippen LogP contribution is -2.30. The van der Waals surface area contributed by atoms with Gasteiger partial charge in [0.25, 0.3) is 0 Å². The number of phosphoric ester groups is 2. The maximum absolute atomic E-state index is 12.9. The lowest BCUT2D eigenvalue weighted by atomic mass is 10.0. The van der Waals surface area contributed by atoms with E-state index >= 15 is 0 Å². The van der Waals surface area contributed by atoms with Gasteiger partial charge in [-0.1, -0.05) is 238 Å². The van der Waals surface area contributed by atoms with Crippen LogP contribution in [-0.4, -0.2) is 96.7 Å². The minimum atomic E-state index is -4.95. The average Bonchev–Trinajstić information content (AvgIpc) is 3.44. The van der Waals surface area contributed by atoms with Gasteiger partial charge >= 0.3 is 39.5 Å². The van der Waals surface area contributed by atoms with Gasteiger partial charge in [-0.25, -0.2) is 9.13 Å². The number of hydrogen-bond donors (Lipinski definition) is 3. The van der Waals surface area contributed by atoms with E-state index in [2.05, 4.69) is 52.0 Å². The average molecular weight is 1200 g/mol. The lowest BCUT2D eigenvalue weighted by molar-refractivity contribution is -0.161. The first kappa shape index (κ1) is 78.5. The normalized spacial score (nSPS) is 14.4. The number of aliphatic hydroxyl groups excluding tert-OH is 1. The fourth-order valence-corrected chi connectivity index (χ4v) is 10.3. The summed E-state index contributed by atoms with van der Waals surface area (Å²) in [4.78, 5) is 71.7. The summed E-state index contributed by atoms with van der Waals surface area (Å²) in [6, 6.07) is 0. The number of aliphatic hydroxyl groups is 1. The van der Waals surface area contributed by atoms with Gasteiger partial charge < -0.3 is 33.8 Å². The summed E-state index contributed by atoms with van der Waals surface area (Å²) in [5, 5.41) is 10.5. The highest BCUT2D eigenvalue weighted by atomic mass is 31.2. The van der Waals surface area contributed by atoms with Crippen molar-refractivity contribution in [1.82, 2.24) is 0 Å². The predicted octanol–water partition coefficient (Wildman–Crippen LogP) is 16.7. The Labute approximate surface area is 491 Å². The molecule has 476 valence electrons. The monoisotopic (exact) mass is 1190 g/mol. The Morgan fingerprint density at radius 1 is 0.346 bits per heavy atom. The van der Waals surface area contributed by atoms with Gasteiger partial charge in [-0.15, -0.1) is 0 Å². The van der Waals surface area contributed by atoms with Gasteiger partial charge in [0, 0.05) is 25.7 Å². The fraction of sp³-hybridized carbons (Fsp3) is 0.871. The van der Waals surface area contributed by atoms with Crippen LogP contribution in [0, 0.1) is 0 Å². The smallest absolute Gasteiger partial charge is 0.462 e. The molecule has 0 saturated heterocycles. The zero-order chi connectivity index (χ0) is 59.8. The van der Waals surface area contributed by atoms with Gasteiger partial charge in [0.15, 0.2) is 12.2 Å². The van der Waals surface area contributed by atoms with Crippen molar-refractivity contribution in [3.05, 3.63) is 24.3 Å². The Kier molecular flexibility index (Phi) is 54.9. The standard InChI is InChI=1S/C62H116O17P2/c1-5-9-13-17-20-22-24-26-28-30-32-34-37-41-45-49-62(67)79-58(53-73-60(65)47-43-39-36-33-31-29-27-25-23-21-18-14-10-6-2)55-77-81(70,71)75-51-56(63)50-74-80(68,69)76-54-57(52-72-59(64)46-42-38-16-12-8-4)78-61(66)48-44-40-35-19-15-11-7-3/h22,24,26,28,56-58,63H,5-21,23,25,27,29-55H2,1-4H3,(H,68,69)(H,70,71)/b24-22-,28-26-/t56-,57+,58+/m0/s1. The number of unbranched alkanes of at least 4 members (excludes halogenated alkanes) is 32. The molecule has 17 nitrogen and oxygen atoms in total. The van der Waals surface area contributed by atoms with Crippen molar-refractivity contribution in [3.8, 4) is 0 Å². The SMILES string of the molecule is CCCCCC/C=C\C=C/CCCCCCCC(=O)O[C@H](COC(=O)CCCCCCCCCCCCCCCC)COP(=O)(O)OC[C@@H](O)COP(=O)(O)OC[C@@H](COC(=O)CCCCCCC)OC(=O)CCCCCCCCC. The Bertz CT molecular complexity index is 1660. The zero-order valence-electron chi connectivity index (χ0n) is 51.2. The van der Waals surface area contributed by atoms with Crippen LogP contribution >= 0.6 is 15.6 Å². The van der Waals surface area contributed by atoms with Crippen LogP contribution in [0.5, 0.6) is 0 Å². The second kappa shape index (κ2) is 56.7. The molecule has 0 aliphatic rings. The topological polar surface area (TPSA) is 237 Å². The van der Waals surface area contributed by atoms with Crippen LogP contribution in [0.4, 0.5) is 0 Å². The highest BCUT2D eigenvalue weighted by Gasteiger charge is 2.30. The number of phosphoric acid groups is 2. The molecular weight excluding hydrogens is 1080 g/mol. The first-order valence-electron chi connectivity index (χ1n) is 32.1. The van der Waals surface area contributed by atoms with Crippen molar-refractivity contribution in [3.63, 3.8) is 0 Å². The molecule has 0 aliphatic heterocycles. The van der Waals surface area contributed by atoms with E-state index in [0.717, 1.165) is 122 Å². The number of hydrogen-bond acceptors (Lipinski definition) is 15. The molecular formula is C62H116O17P2. The molecule has 19 heteroatoms. The van der Waals surface area contributed by atoms with E-state index in [1.807, 2.05) is 0 Å². The summed E-state index contributed by atoms with van der Waals surface area (Å²) < 4.78 is 67.6. The van der Waals surface area contributed by atoms with Crippen LogP contribution in [-0.2, 0) is 65.4 Å². The second-order valence-electron chi connectivity index (χ2n) is 21.8. The van der Waals surface area contributed by atoms with E-state index < -0.39 is 97.5 Å². The maximum atomic E-state index is 12.9. The first-order chi connectivity index (χ1) is 39.2. The summed E-state index contributed by atoms with van der Waals surface area (Å²) in [5.41, 5.74) is 0. The van der Waals surface area contributed by atoms with Crippen LogP contribution in [0.15, 0.2) is 24.3 Å². The Morgan fingerprint density at radius 2 is 0.593 bits per heavy atom. The molecule has 0 fully saturated rings. The lowest BCUT2D eigenvalue weighted by Gasteiger charge is -2.21. The van der Waals surface area contributed by atoms with Gasteiger partial charge in [0.1, 0.15) is 19.3 Å². The van der Waals surface area contributed by atoms with E-state index in [0.29, 0.717) is 25.7 Å². The van der Waals surface area contributed by atoms with Crippen LogP contribution < -0.4 is 0 Å². The van der Waals surface area contributed by atoms with Gasteiger partial charge in [-0.05, 0) is 51.4 Å². The number of allylic oxidation sites excluding steroid dienone is 4. The molecule has 0 aromatic carbocycles. The number of ether oxygens (including phenoxy) is 4. The van der Waals surface area contributed by atoms with Crippen molar-refractivity contribution in [2.45, 2.75) is 309 Å².